The maximum atomic E-state index is 13.3. The van der Waals surface area contributed by atoms with Gasteiger partial charge >= 0.3 is 0 Å². The number of hydrogen-bond acceptors (Lipinski definition) is 3. The molecule has 2 aromatic heterocycles. The molecule has 0 spiro atoms. The molecule has 0 unspecified atom stereocenters. The summed E-state index contributed by atoms with van der Waals surface area (Å²) in [6.07, 6.45) is 10.1. The van der Waals surface area contributed by atoms with Crippen molar-refractivity contribution in [2.75, 3.05) is 0 Å². The third kappa shape index (κ3) is 3.31. The van der Waals surface area contributed by atoms with E-state index in [2.05, 4.69) is 22.6 Å². The zero-order chi connectivity index (χ0) is 17.9. The highest BCUT2D eigenvalue weighted by Gasteiger charge is 2.21. The molecule has 5 nitrogen and oxygen atoms in total. The van der Waals surface area contributed by atoms with E-state index in [4.69, 9.17) is 10.1 Å². The Bertz CT molecular complexity index is 940. The van der Waals surface area contributed by atoms with Gasteiger partial charge < -0.3 is 0 Å². The lowest BCUT2D eigenvalue weighted by atomic mass is 9.96. The lowest BCUT2D eigenvalue weighted by molar-refractivity contribution is 0.363. The summed E-state index contributed by atoms with van der Waals surface area (Å²) in [6.45, 7) is 0. The minimum absolute atomic E-state index is 0.0481. The predicted molar refractivity (Wildman–Crippen MR) is 113 cm³/mol. The third-order valence-corrected chi connectivity index (χ3v) is 5.95. The molecule has 0 N–H and O–H groups in total. The topological polar surface area (TPSA) is 52.7 Å². The highest BCUT2D eigenvalue weighted by atomic mass is 127. The van der Waals surface area contributed by atoms with Gasteiger partial charge in [-0.3, -0.25) is 9.36 Å². The predicted octanol–water partition coefficient (Wildman–Crippen LogP) is 4.94. The zero-order valence-electron chi connectivity index (χ0n) is 14.8. The molecule has 0 aliphatic heterocycles. The molecule has 2 heterocycles. The molecular weight excluding hydrogens is 439 g/mol. The van der Waals surface area contributed by atoms with Crippen LogP contribution in [0, 0.1) is 0 Å². The van der Waals surface area contributed by atoms with E-state index in [0.29, 0.717) is 15.6 Å². The molecule has 1 aromatic carbocycles. The molecule has 1 fully saturated rings. The van der Waals surface area contributed by atoms with Crippen LogP contribution in [0.3, 0.4) is 0 Å². The number of hydrogen-bond donors (Lipinski definition) is 0. The molecule has 0 saturated heterocycles. The van der Waals surface area contributed by atoms with Crippen molar-refractivity contribution >= 4 is 33.6 Å². The molecule has 0 atom stereocenters. The highest BCUT2D eigenvalue weighted by molar-refractivity contribution is 14.1. The van der Waals surface area contributed by atoms with Gasteiger partial charge in [-0.05, 0) is 12.8 Å². The van der Waals surface area contributed by atoms with Gasteiger partial charge in [0.2, 0.25) is 0 Å². The minimum atomic E-state index is 0.0481. The molecule has 0 bridgehead atoms. The molecule has 1 aliphatic carbocycles. The maximum absolute atomic E-state index is 13.3. The molecule has 1 aliphatic rings. The van der Waals surface area contributed by atoms with Gasteiger partial charge in [-0.2, -0.15) is 5.10 Å². The fraction of sp³-hybridized carbons (Fsp3) is 0.450. The first kappa shape index (κ1) is 17.7. The first-order valence-corrected chi connectivity index (χ1v) is 10.9. The monoisotopic (exact) mass is 462 g/mol. The molecule has 0 amide bonds. The molecule has 4 rings (SSSR count). The van der Waals surface area contributed by atoms with E-state index in [-0.39, 0.29) is 11.6 Å². The Morgan fingerprint density at radius 3 is 2.42 bits per heavy atom. The lowest BCUT2D eigenvalue weighted by Gasteiger charge is -2.21. The van der Waals surface area contributed by atoms with Crippen molar-refractivity contribution in [2.24, 2.45) is 0 Å². The molecule has 6 heteroatoms. The van der Waals surface area contributed by atoms with Gasteiger partial charge in [0.15, 0.2) is 5.52 Å². The van der Waals surface area contributed by atoms with E-state index in [1.165, 1.54) is 32.1 Å². The summed E-state index contributed by atoms with van der Waals surface area (Å²) in [6, 6.07) is 10.2. The van der Waals surface area contributed by atoms with Gasteiger partial charge in [0.1, 0.15) is 11.2 Å². The van der Waals surface area contributed by atoms with Crippen molar-refractivity contribution in [3.63, 3.8) is 0 Å². The average Bonchev–Trinajstić information content (AvgIpc) is 3.03. The van der Waals surface area contributed by atoms with Crippen LogP contribution < -0.4 is 5.56 Å². The summed E-state index contributed by atoms with van der Waals surface area (Å²) < 4.78 is 4.30. The van der Waals surface area contributed by atoms with E-state index < -0.39 is 0 Å². The summed E-state index contributed by atoms with van der Waals surface area (Å²) in [5.74, 6) is 0. The Morgan fingerprint density at radius 2 is 1.73 bits per heavy atom. The Labute approximate surface area is 166 Å². The number of fused-ring (bicyclic) bond motifs is 1. The quantitative estimate of drug-likeness (QED) is 0.410. The standard InChI is InChI=1S/C20H23IN4O/c21-13-25-19-18(17(23-25)15-9-5-4-6-10-15)22-14-24(20(19)26)16-11-7-2-1-3-8-12-16/h4-6,9-10,14,16H,1-3,7-8,11-13H2. The summed E-state index contributed by atoms with van der Waals surface area (Å²) >= 11 is 2.25. The van der Waals surface area contributed by atoms with E-state index in [1.807, 2.05) is 34.9 Å². The van der Waals surface area contributed by atoms with Gasteiger partial charge in [-0.1, -0.05) is 85.0 Å². The van der Waals surface area contributed by atoms with Crippen LogP contribution in [-0.4, -0.2) is 19.3 Å². The van der Waals surface area contributed by atoms with Gasteiger partial charge in [0.05, 0.1) is 10.9 Å². The van der Waals surface area contributed by atoms with Crippen molar-refractivity contribution in [2.45, 2.75) is 55.5 Å². The minimum Gasteiger partial charge on any atom is -0.294 e. The smallest absolute Gasteiger partial charge is 0.279 e. The summed E-state index contributed by atoms with van der Waals surface area (Å²) in [4.78, 5) is 18.0. The van der Waals surface area contributed by atoms with Crippen LogP contribution in [0.1, 0.15) is 51.0 Å². The van der Waals surface area contributed by atoms with Gasteiger partial charge in [-0.15, -0.1) is 0 Å². The summed E-state index contributed by atoms with van der Waals surface area (Å²) in [5, 5.41) is 4.69. The number of halogens is 1. The number of rotatable bonds is 3. The van der Waals surface area contributed by atoms with Crippen LogP contribution in [0.4, 0.5) is 0 Å². The molecule has 136 valence electrons. The van der Waals surface area contributed by atoms with Crippen LogP contribution in [0.15, 0.2) is 41.5 Å². The largest absolute Gasteiger partial charge is 0.294 e. The SMILES string of the molecule is O=c1c2c(ncn1C1CCCCCCC1)c(-c1ccccc1)nn2CI. The van der Waals surface area contributed by atoms with Gasteiger partial charge in [0.25, 0.3) is 5.56 Å². The van der Waals surface area contributed by atoms with Gasteiger partial charge in [-0.25, -0.2) is 9.67 Å². The molecule has 3 aromatic rings. The maximum Gasteiger partial charge on any atom is 0.279 e. The second-order valence-electron chi connectivity index (χ2n) is 6.99. The van der Waals surface area contributed by atoms with Crippen molar-refractivity contribution < 1.29 is 0 Å². The number of alkyl halides is 1. The van der Waals surface area contributed by atoms with E-state index >= 15 is 0 Å². The summed E-state index contributed by atoms with van der Waals surface area (Å²) in [7, 11) is 0. The van der Waals surface area contributed by atoms with Gasteiger partial charge in [0, 0.05) is 11.6 Å². The van der Waals surface area contributed by atoms with Crippen LogP contribution in [0.2, 0.25) is 0 Å². The molecule has 1 saturated carbocycles. The number of aromatic nitrogens is 4. The number of nitrogens with zero attached hydrogens (tertiary/aromatic N) is 4. The average molecular weight is 462 g/mol. The number of benzene rings is 1. The second kappa shape index (κ2) is 7.90. The van der Waals surface area contributed by atoms with Crippen molar-refractivity contribution in [1.82, 2.24) is 19.3 Å². The molecule has 26 heavy (non-hydrogen) atoms. The first-order valence-electron chi connectivity index (χ1n) is 9.38. The first-order chi connectivity index (χ1) is 12.8. The van der Waals surface area contributed by atoms with Crippen molar-refractivity contribution in [3.8, 4) is 11.3 Å². The summed E-state index contributed by atoms with van der Waals surface area (Å²) in [5.41, 5.74) is 3.17. The Hall–Kier alpha value is -1.70. The normalized spacial score (nSPS) is 16.5. The van der Waals surface area contributed by atoms with Crippen LogP contribution in [-0.2, 0) is 4.55 Å². The third-order valence-electron chi connectivity index (χ3n) is 5.30. The second-order valence-corrected chi connectivity index (χ2v) is 7.67. The molecule has 0 radical (unpaired) electrons. The van der Waals surface area contributed by atoms with E-state index in [9.17, 15) is 4.79 Å². The fourth-order valence-electron chi connectivity index (χ4n) is 3.93. The fourth-order valence-corrected chi connectivity index (χ4v) is 4.42. The Balaban J connectivity index is 1.83. The Kier molecular flexibility index (Phi) is 5.38. The van der Waals surface area contributed by atoms with Crippen LogP contribution in [0.25, 0.3) is 22.3 Å². The molecular formula is C20H23IN4O. The lowest BCUT2D eigenvalue weighted by Crippen LogP contribution is -2.27. The van der Waals surface area contributed by atoms with Crippen LogP contribution >= 0.6 is 22.6 Å². The van der Waals surface area contributed by atoms with E-state index in [1.54, 1.807) is 11.0 Å². The van der Waals surface area contributed by atoms with E-state index in [0.717, 1.165) is 24.1 Å². The van der Waals surface area contributed by atoms with Crippen molar-refractivity contribution in [1.29, 1.82) is 0 Å². The van der Waals surface area contributed by atoms with Crippen molar-refractivity contribution in [3.05, 3.63) is 47.0 Å². The zero-order valence-corrected chi connectivity index (χ0v) is 16.9. The Morgan fingerprint density at radius 1 is 1.04 bits per heavy atom. The van der Waals surface area contributed by atoms with Crippen LogP contribution in [0.5, 0.6) is 0 Å². The highest BCUT2D eigenvalue weighted by Crippen LogP contribution is 2.28.